The van der Waals surface area contributed by atoms with E-state index in [-0.39, 0.29) is 5.97 Å². The van der Waals surface area contributed by atoms with Crippen LogP contribution in [-0.4, -0.2) is 23.0 Å². The fourth-order valence-corrected chi connectivity index (χ4v) is 1.74. The quantitative estimate of drug-likeness (QED) is 0.844. The monoisotopic (exact) mass is 275 g/mol. The van der Waals surface area contributed by atoms with Gasteiger partial charge in [0.2, 0.25) is 5.89 Å². The van der Waals surface area contributed by atoms with E-state index in [0.717, 1.165) is 12.2 Å². The zero-order valence-corrected chi connectivity index (χ0v) is 11.8. The van der Waals surface area contributed by atoms with Gasteiger partial charge in [0, 0.05) is 6.42 Å². The molecular weight excluding hydrogens is 258 g/mol. The van der Waals surface area contributed by atoms with E-state index in [1.807, 2.05) is 6.92 Å². The van der Waals surface area contributed by atoms with Crippen LogP contribution in [0.1, 0.15) is 34.6 Å². The van der Waals surface area contributed by atoms with Gasteiger partial charge in [-0.2, -0.15) is 0 Å². The molecule has 2 heterocycles. The van der Waals surface area contributed by atoms with Crippen LogP contribution in [0.5, 0.6) is 0 Å². The van der Waals surface area contributed by atoms with E-state index in [9.17, 15) is 4.79 Å². The van der Waals surface area contributed by atoms with Gasteiger partial charge in [0.15, 0.2) is 0 Å². The van der Waals surface area contributed by atoms with Crippen LogP contribution in [0, 0.1) is 6.92 Å². The number of hydrogen-bond acceptors (Lipinski definition) is 6. The number of aromatic nitrogens is 2. The topological polar surface area (TPSA) is 77.2 Å². The lowest BCUT2D eigenvalue weighted by atomic mass is 10.2. The summed E-state index contributed by atoms with van der Waals surface area (Å²) in [5.74, 6) is 1.73. The molecule has 0 saturated heterocycles. The number of pyridine rings is 1. The Balaban J connectivity index is 2.03. The van der Waals surface area contributed by atoms with Crippen LogP contribution in [0.3, 0.4) is 0 Å². The second-order valence-corrected chi connectivity index (χ2v) is 4.25. The highest BCUT2D eigenvalue weighted by Crippen LogP contribution is 2.13. The molecule has 0 aliphatic heterocycles. The molecule has 0 spiro atoms. The van der Waals surface area contributed by atoms with Gasteiger partial charge in [-0.15, -0.1) is 0 Å². The van der Waals surface area contributed by atoms with Crippen molar-refractivity contribution in [2.45, 2.75) is 26.8 Å². The molecule has 0 atom stereocenters. The highest BCUT2D eigenvalue weighted by Gasteiger charge is 2.11. The van der Waals surface area contributed by atoms with Crippen LogP contribution in [0.4, 0.5) is 5.82 Å². The molecule has 1 N–H and O–H groups in total. The number of rotatable bonds is 5. The van der Waals surface area contributed by atoms with E-state index in [1.54, 1.807) is 25.3 Å². The van der Waals surface area contributed by atoms with Gasteiger partial charge in [0.05, 0.1) is 31.1 Å². The number of nitrogens with zero attached hydrogens (tertiary/aromatic N) is 2. The van der Waals surface area contributed by atoms with Crippen LogP contribution in [0.25, 0.3) is 0 Å². The van der Waals surface area contributed by atoms with Crippen molar-refractivity contribution in [3.63, 3.8) is 0 Å². The second kappa shape index (κ2) is 6.18. The number of carbonyl (C=O) groups is 1. The van der Waals surface area contributed by atoms with E-state index in [4.69, 9.17) is 4.42 Å². The summed E-state index contributed by atoms with van der Waals surface area (Å²) in [6.07, 6.45) is 2.54. The number of oxazole rings is 1. The van der Waals surface area contributed by atoms with Gasteiger partial charge in [-0.25, -0.2) is 14.8 Å². The molecule has 0 amide bonds. The number of nitrogens with one attached hydrogen (secondary N) is 1. The molecule has 0 aromatic carbocycles. The average Bonchev–Trinajstić information content (AvgIpc) is 2.92. The van der Waals surface area contributed by atoms with E-state index in [1.165, 1.54) is 7.11 Å². The van der Waals surface area contributed by atoms with Crippen LogP contribution in [0.15, 0.2) is 22.7 Å². The molecule has 6 nitrogen and oxygen atoms in total. The number of aryl methyl sites for hydroxylation is 2. The van der Waals surface area contributed by atoms with Gasteiger partial charge in [0.25, 0.3) is 0 Å². The lowest BCUT2D eigenvalue weighted by molar-refractivity contribution is 0.0599. The van der Waals surface area contributed by atoms with Gasteiger partial charge in [-0.05, 0) is 19.1 Å². The maximum atomic E-state index is 11.5. The molecule has 2 rings (SSSR count). The molecular formula is C14H17N3O3. The molecule has 0 radical (unpaired) electrons. The fourth-order valence-electron chi connectivity index (χ4n) is 1.74. The fraction of sp³-hybridized carbons (Fsp3) is 0.357. The molecule has 0 unspecified atom stereocenters. The third-order valence-electron chi connectivity index (χ3n) is 2.86. The minimum atomic E-state index is -0.387. The molecule has 20 heavy (non-hydrogen) atoms. The molecule has 6 heteroatoms. The van der Waals surface area contributed by atoms with Gasteiger partial charge in [-0.3, -0.25) is 0 Å². The second-order valence-electron chi connectivity index (χ2n) is 4.25. The molecule has 0 fully saturated rings. The van der Waals surface area contributed by atoms with Crippen molar-refractivity contribution < 1.29 is 13.9 Å². The Morgan fingerprint density at radius 3 is 2.85 bits per heavy atom. The maximum absolute atomic E-state index is 11.5. The minimum Gasteiger partial charge on any atom is -0.465 e. The predicted molar refractivity (Wildman–Crippen MR) is 73.5 cm³/mol. The third kappa shape index (κ3) is 3.14. The third-order valence-corrected chi connectivity index (χ3v) is 2.86. The number of esters is 1. The zero-order valence-electron chi connectivity index (χ0n) is 11.8. The first-order valence-corrected chi connectivity index (χ1v) is 6.37. The molecule has 0 aliphatic rings. The Kier molecular flexibility index (Phi) is 4.34. The largest absolute Gasteiger partial charge is 0.465 e. The normalized spacial score (nSPS) is 10.3. The summed E-state index contributed by atoms with van der Waals surface area (Å²) in [7, 11) is 1.35. The lowest BCUT2D eigenvalue weighted by Crippen LogP contribution is -2.08. The Labute approximate surface area is 117 Å². The van der Waals surface area contributed by atoms with E-state index >= 15 is 0 Å². The number of methoxy groups -OCH3 is 1. The average molecular weight is 275 g/mol. The molecule has 0 saturated carbocycles. The standard InChI is InChI=1S/C14H17N3O3/c1-4-10-7-16-13(20-10)8-15-12-6-5-11(9(2)17-12)14(18)19-3/h5-7H,4,8H2,1-3H3,(H,15,17). The van der Waals surface area contributed by atoms with Crippen molar-refractivity contribution in [2.75, 3.05) is 12.4 Å². The number of carbonyl (C=O) groups excluding carboxylic acids is 1. The summed E-state index contributed by atoms with van der Waals surface area (Å²) >= 11 is 0. The van der Waals surface area contributed by atoms with Crippen molar-refractivity contribution in [1.29, 1.82) is 0 Å². The summed E-state index contributed by atoms with van der Waals surface area (Å²) in [6, 6.07) is 3.41. The first-order chi connectivity index (χ1) is 9.63. The van der Waals surface area contributed by atoms with Crippen LogP contribution < -0.4 is 5.32 Å². The predicted octanol–water partition coefficient (Wildman–Crippen LogP) is 2.34. The van der Waals surface area contributed by atoms with Gasteiger partial charge < -0.3 is 14.5 Å². The molecule has 0 aliphatic carbocycles. The Hall–Kier alpha value is -2.37. The molecule has 2 aromatic rings. The Morgan fingerprint density at radius 1 is 1.45 bits per heavy atom. The number of hydrogen-bond donors (Lipinski definition) is 1. The van der Waals surface area contributed by atoms with Crippen LogP contribution >= 0.6 is 0 Å². The van der Waals surface area contributed by atoms with Crippen molar-refractivity contribution in [2.24, 2.45) is 0 Å². The molecule has 0 bridgehead atoms. The summed E-state index contributed by atoms with van der Waals surface area (Å²) in [4.78, 5) is 19.9. The van der Waals surface area contributed by atoms with Crippen molar-refractivity contribution in [3.8, 4) is 0 Å². The van der Waals surface area contributed by atoms with Crippen molar-refractivity contribution in [3.05, 3.63) is 41.2 Å². The van der Waals surface area contributed by atoms with E-state index < -0.39 is 0 Å². The highest BCUT2D eigenvalue weighted by molar-refractivity contribution is 5.90. The Morgan fingerprint density at radius 2 is 2.25 bits per heavy atom. The first kappa shape index (κ1) is 14.0. The minimum absolute atomic E-state index is 0.387. The Bertz CT molecular complexity index is 607. The highest BCUT2D eigenvalue weighted by atomic mass is 16.5. The van der Waals surface area contributed by atoms with Crippen molar-refractivity contribution >= 4 is 11.8 Å². The lowest BCUT2D eigenvalue weighted by Gasteiger charge is -2.07. The first-order valence-electron chi connectivity index (χ1n) is 6.37. The summed E-state index contributed by atoms with van der Waals surface area (Å²) in [5.41, 5.74) is 1.07. The number of ether oxygens (including phenoxy) is 1. The van der Waals surface area contributed by atoms with Gasteiger partial charge >= 0.3 is 5.97 Å². The SMILES string of the molecule is CCc1cnc(CNc2ccc(C(=O)OC)c(C)n2)o1. The van der Waals surface area contributed by atoms with Gasteiger partial charge in [-0.1, -0.05) is 6.92 Å². The molecule has 106 valence electrons. The smallest absolute Gasteiger partial charge is 0.339 e. The van der Waals surface area contributed by atoms with Crippen LogP contribution in [-0.2, 0) is 17.7 Å². The number of anilines is 1. The van der Waals surface area contributed by atoms with E-state index in [2.05, 4.69) is 20.0 Å². The summed E-state index contributed by atoms with van der Waals surface area (Å²) in [6.45, 7) is 4.22. The van der Waals surface area contributed by atoms with Crippen molar-refractivity contribution in [1.82, 2.24) is 9.97 Å². The summed E-state index contributed by atoms with van der Waals surface area (Å²) < 4.78 is 10.2. The summed E-state index contributed by atoms with van der Waals surface area (Å²) in [5, 5.41) is 3.10. The zero-order chi connectivity index (χ0) is 14.5. The van der Waals surface area contributed by atoms with Gasteiger partial charge in [0.1, 0.15) is 11.6 Å². The molecule has 2 aromatic heterocycles. The van der Waals surface area contributed by atoms with Crippen LogP contribution in [0.2, 0.25) is 0 Å². The van der Waals surface area contributed by atoms with E-state index in [0.29, 0.717) is 29.5 Å². The maximum Gasteiger partial charge on any atom is 0.339 e.